The quantitative estimate of drug-likeness (QED) is 0.293. The average molecular weight is 574 g/mol. The summed E-state index contributed by atoms with van der Waals surface area (Å²) in [7, 11) is -1.88. The van der Waals surface area contributed by atoms with Crippen LogP contribution < -0.4 is 10.1 Å². The zero-order valence-corrected chi connectivity index (χ0v) is 25.3. The van der Waals surface area contributed by atoms with Crippen LogP contribution in [0.2, 0.25) is 0 Å². The Kier molecular flexibility index (Phi) is 8.31. The zero-order chi connectivity index (χ0) is 29.2. The molecule has 0 amide bonds. The van der Waals surface area contributed by atoms with Crippen molar-refractivity contribution in [3.63, 3.8) is 0 Å². The smallest absolute Gasteiger partial charge is 0.243 e. The van der Waals surface area contributed by atoms with E-state index in [1.54, 1.807) is 23.5 Å². The lowest BCUT2D eigenvalue weighted by atomic mass is 9.87. The Bertz CT molecular complexity index is 1610. The molecule has 9 heteroatoms. The third-order valence-electron chi connectivity index (χ3n) is 7.81. The molecule has 4 aromatic rings. The van der Waals surface area contributed by atoms with Gasteiger partial charge in [0.15, 0.2) is 0 Å². The number of rotatable bonds is 8. The fraction of sp³-hybridized carbons (Fsp3) is 0.375. The van der Waals surface area contributed by atoms with Gasteiger partial charge in [0.25, 0.3) is 0 Å². The number of ether oxygens (including phenoxy) is 1. The number of sulfonamides is 1. The van der Waals surface area contributed by atoms with Crippen molar-refractivity contribution in [2.45, 2.75) is 50.6 Å². The summed E-state index contributed by atoms with van der Waals surface area (Å²) in [5.74, 6) is 2.30. The molecule has 1 fully saturated rings. The van der Waals surface area contributed by atoms with Gasteiger partial charge in [-0.3, -0.25) is 4.90 Å². The van der Waals surface area contributed by atoms with E-state index in [1.807, 2.05) is 60.7 Å². The Labute approximate surface area is 243 Å². The number of nitrogens with zero attached hydrogens (tertiary/aromatic N) is 4. The lowest BCUT2D eigenvalue weighted by Gasteiger charge is -2.37. The van der Waals surface area contributed by atoms with Gasteiger partial charge in [0.2, 0.25) is 10.0 Å². The minimum Gasteiger partial charge on any atom is -0.496 e. The number of hydrogen-bond donors (Lipinski definition) is 1. The van der Waals surface area contributed by atoms with E-state index in [9.17, 15) is 8.42 Å². The summed E-state index contributed by atoms with van der Waals surface area (Å²) in [4.78, 5) is 12.4. The molecule has 0 saturated carbocycles. The molecule has 1 atom stereocenters. The normalized spacial score (nSPS) is 16.0. The molecule has 1 unspecified atom stereocenters. The molecule has 8 nitrogen and oxygen atoms in total. The molecular formula is C32H39N5O3S. The molecule has 0 bridgehead atoms. The van der Waals surface area contributed by atoms with Crippen LogP contribution in [0, 0.1) is 0 Å². The average Bonchev–Trinajstić information content (AvgIpc) is 2.99. The Balaban J connectivity index is 1.31. The van der Waals surface area contributed by atoms with Gasteiger partial charge < -0.3 is 10.1 Å². The number of methoxy groups -OCH3 is 1. The lowest BCUT2D eigenvalue weighted by molar-refractivity contribution is 0.141. The highest BCUT2D eigenvalue weighted by atomic mass is 32.2. The molecule has 0 aliphatic carbocycles. The minimum atomic E-state index is -3.56. The number of fused-ring (bicyclic) bond motifs is 1. The van der Waals surface area contributed by atoms with E-state index in [4.69, 9.17) is 14.7 Å². The van der Waals surface area contributed by atoms with Crippen LogP contribution >= 0.6 is 0 Å². The number of anilines is 1. The maximum absolute atomic E-state index is 13.4. The van der Waals surface area contributed by atoms with Gasteiger partial charge in [-0.25, -0.2) is 18.4 Å². The summed E-state index contributed by atoms with van der Waals surface area (Å²) >= 11 is 0. The number of piperazine rings is 1. The van der Waals surface area contributed by atoms with Crippen molar-refractivity contribution in [2.24, 2.45) is 0 Å². The second-order valence-corrected chi connectivity index (χ2v) is 13.4. The number of para-hydroxylation sites is 2. The van der Waals surface area contributed by atoms with Crippen molar-refractivity contribution < 1.29 is 13.2 Å². The molecule has 1 N–H and O–H groups in total. The van der Waals surface area contributed by atoms with Gasteiger partial charge in [0.1, 0.15) is 17.4 Å². The maximum Gasteiger partial charge on any atom is 0.243 e. The predicted molar refractivity (Wildman–Crippen MR) is 164 cm³/mol. The fourth-order valence-corrected chi connectivity index (χ4v) is 6.64. The molecule has 0 spiro atoms. The summed E-state index contributed by atoms with van der Waals surface area (Å²) in [5, 5.41) is 4.45. The number of aromatic nitrogens is 2. The lowest BCUT2D eigenvalue weighted by Crippen LogP contribution is -2.49. The highest BCUT2D eigenvalue weighted by Crippen LogP contribution is 2.29. The standard InChI is InChI=1S/C32H39N5O3S/c1-23(36-18-20-37(21-19-36)41(38,39)26-16-14-25(15-17-26)32(2,3)4)30-34-28-12-8-7-11-27(28)31(35-30)33-22-24-10-6-9-13-29(24)40-5/h6-17,23H,18-22H2,1-5H3,(H,33,34,35). The summed E-state index contributed by atoms with van der Waals surface area (Å²) in [6.45, 7) is 11.0. The van der Waals surface area contributed by atoms with Gasteiger partial charge in [0.05, 0.1) is 23.6 Å². The molecule has 1 aromatic heterocycles. The van der Waals surface area contributed by atoms with Gasteiger partial charge in [-0.2, -0.15) is 4.31 Å². The molecule has 1 aliphatic rings. The van der Waals surface area contributed by atoms with Crippen LogP contribution in [0.25, 0.3) is 10.9 Å². The van der Waals surface area contributed by atoms with Crippen LogP contribution in [-0.4, -0.2) is 60.9 Å². The third kappa shape index (κ3) is 6.22. The van der Waals surface area contributed by atoms with E-state index < -0.39 is 10.0 Å². The van der Waals surface area contributed by atoms with Crippen molar-refractivity contribution in [2.75, 3.05) is 38.6 Å². The van der Waals surface area contributed by atoms with Gasteiger partial charge in [0, 0.05) is 43.7 Å². The summed E-state index contributed by atoms with van der Waals surface area (Å²) in [6.07, 6.45) is 0. The van der Waals surface area contributed by atoms with E-state index in [0.29, 0.717) is 43.4 Å². The van der Waals surface area contributed by atoms with Crippen LogP contribution in [0.4, 0.5) is 5.82 Å². The number of benzene rings is 3. The topological polar surface area (TPSA) is 87.7 Å². The van der Waals surface area contributed by atoms with Crippen molar-refractivity contribution in [1.29, 1.82) is 0 Å². The third-order valence-corrected chi connectivity index (χ3v) is 9.72. The molecule has 216 valence electrons. The molecular weight excluding hydrogens is 534 g/mol. The van der Waals surface area contributed by atoms with Crippen molar-refractivity contribution in [1.82, 2.24) is 19.2 Å². The van der Waals surface area contributed by atoms with Gasteiger partial charge in [-0.15, -0.1) is 0 Å². The summed E-state index contributed by atoms with van der Waals surface area (Å²) in [6, 6.07) is 23.1. The van der Waals surface area contributed by atoms with Crippen molar-refractivity contribution in [3.05, 3.63) is 89.7 Å². The molecule has 0 radical (unpaired) electrons. The molecule has 1 aliphatic heterocycles. The zero-order valence-electron chi connectivity index (χ0n) is 24.5. The largest absolute Gasteiger partial charge is 0.496 e. The van der Waals surface area contributed by atoms with Crippen molar-refractivity contribution >= 4 is 26.7 Å². The molecule has 2 heterocycles. The summed E-state index contributed by atoms with van der Waals surface area (Å²) in [5.41, 5.74) is 2.99. The molecule has 41 heavy (non-hydrogen) atoms. The van der Waals surface area contributed by atoms with Gasteiger partial charge in [-0.1, -0.05) is 63.2 Å². The van der Waals surface area contributed by atoms with E-state index >= 15 is 0 Å². The second-order valence-electron chi connectivity index (χ2n) is 11.5. The second kappa shape index (κ2) is 11.8. The Morgan fingerprint density at radius 3 is 2.24 bits per heavy atom. The first-order valence-electron chi connectivity index (χ1n) is 14.0. The first kappa shape index (κ1) is 29.0. The van der Waals surface area contributed by atoms with Crippen molar-refractivity contribution in [3.8, 4) is 5.75 Å². The summed E-state index contributed by atoms with van der Waals surface area (Å²) < 4.78 is 33.9. The Hall–Kier alpha value is -3.53. The molecule has 3 aromatic carbocycles. The van der Waals surface area contributed by atoms with Crippen LogP contribution in [0.1, 0.15) is 50.7 Å². The van der Waals surface area contributed by atoms with E-state index in [-0.39, 0.29) is 11.5 Å². The van der Waals surface area contributed by atoms with E-state index in [0.717, 1.165) is 33.6 Å². The van der Waals surface area contributed by atoms with Crippen LogP contribution in [0.5, 0.6) is 5.75 Å². The van der Waals surface area contributed by atoms with Crippen LogP contribution in [-0.2, 0) is 22.0 Å². The van der Waals surface area contributed by atoms with Gasteiger partial charge in [-0.05, 0) is 48.2 Å². The SMILES string of the molecule is COc1ccccc1CNc1nc(C(C)N2CCN(S(=O)(=O)c3ccc(C(C)(C)C)cc3)CC2)nc2ccccc12. The van der Waals surface area contributed by atoms with Gasteiger partial charge >= 0.3 is 0 Å². The number of hydrogen-bond acceptors (Lipinski definition) is 7. The van der Waals surface area contributed by atoms with E-state index in [1.165, 1.54) is 0 Å². The fourth-order valence-electron chi connectivity index (χ4n) is 5.21. The first-order valence-corrected chi connectivity index (χ1v) is 15.5. The highest BCUT2D eigenvalue weighted by Gasteiger charge is 2.31. The van der Waals surface area contributed by atoms with Crippen LogP contribution in [0.3, 0.4) is 0 Å². The maximum atomic E-state index is 13.4. The highest BCUT2D eigenvalue weighted by molar-refractivity contribution is 7.89. The van der Waals surface area contributed by atoms with Crippen LogP contribution in [0.15, 0.2) is 77.7 Å². The molecule has 1 saturated heterocycles. The predicted octanol–water partition coefficient (Wildman–Crippen LogP) is 5.62. The first-order chi connectivity index (χ1) is 19.6. The number of nitrogens with one attached hydrogen (secondary N) is 1. The molecule has 5 rings (SSSR count). The minimum absolute atomic E-state index is 0.0291. The van der Waals surface area contributed by atoms with E-state index in [2.05, 4.69) is 37.9 Å². The monoisotopic (exact) mass is 573 g/mol. The Morgan fingerprint density at radius 2 is 1.56 bits per heavy atom. The Morgan fingerprint density at radius 1 is 0.902 bits per heavy atom.